The second-order valence-corrected chi connectivity index (χ2v) is 6.37. The monoisotopic (exact) mass is 359 g/mol. The van der Waals surface area contributed by atoms with Crippen LogP contribution in [0.1, 0.15) is 16.7 Å². The van der Waals surface area contributed by atoms with E-state index in [1.807, 2.05) is 11.7 Å². The SMILES string of the molecule is COCCNc1c2cccc(-c3c(C)cc(C)cc3C)c2nn1C.Cl. The fraction of sp³-hybridized carbons (Fsp3) is 0.350. The molecule has 0 bridgehead atoms. The summed E-state index contributed by atoms with van der Waals surface area (Å²) in [5.74, 6) is 1.03. The van der Waals surface area contributed by atoms with Crippen LogP contribution in [0.3, 0.4) is 0 Å². The lowest BCUT2D eigenvalue weighted by Gasteiger charge is -2.12. The van der Waals surface area contributed by atoms with Crippen LogP contribution in [0.25, 0.3) is 22.0 Å². The van der Waals surface area contributed by atoms with Gasteiger partial charge in [0.1, 0.15) is 11.3 Å². The van der Waals surface area contributed by atoms with E-state index in [2.05, 4.69) is 56.4 Å². The molecule has 0 radical (unpaired) electrons. The van der Waals surface area contributed by atoms with Crippen molar-refractivity contribution >= 4 is 29.1 Å². The van der Waals surface area contributed by atoms with Gasteiger partial charge in [0, 0.05) is 31.7 Å². The molecule has 25 heavy (non-hydrogen) atoms. The number of anilines is 1. The Balaban J connectivity index is 0.00000225. The Kier molecular flexibility index (Phi) is 6.09. The van der Waals surface area contributed by atoms with E-state index in [9.17, 15) is 0 Å². The number of hydrogen-bond donors (Lipinski definition) is 1. The summed E-state index contributed by atoms with van der Waals surface area (Å²) in [5, 5.41) is 9.36. The van der Waals surface area contributed by atoms with Gasteiger partial charge in [-0.05, 0) is 43.5 Å². The molecule has 1 heterocycles. The number of nitrogens with one attached hydrogen (secondary N) is 1. The number of aromatic nitrogens is 2. The molecule has 0 spiro atoms. The number of ether oxygens (including phenoxy) is 1. The molecule has 1 N–H and O–H groups in total. The standard InChI is InChI=1S/C20H25N3O.ClH/c1-13-11-14(2)18(15(3)12-13)16-7-6-8-17-19(16)22-23(4)20(17)21-9-10-24-5;/h6-8,11-12,21H,9-10H2,1-5H3;1H. The average Bonchev–Trinajstić information content (AvgIpc) is 2.83. The fourth-order valence-corrected chi connectivity index (χ4v) is 3.50. The van der Waals surface area contributed by atoms with Crippen molar-refractivity contribution in [3.63, 3.8) is 0 Å². The van der Waals surface area contributed by atoms with Gasteiger partial charge in [-0.3, -0.25) is 4.68 Å². The number of fused-ring (bicyclic) bond motifs is 1. The van der Waals surface area contributed by atoms with Gasteiger partial charge in [0.05, 0.1) is 6.61 Å². The summed E-state index contributed by atoms with van der Waals surface area (Å²) in [5.41, 5.74) is 7.39. The second kappa shape index (κ2) is 7.89. The summed E-state index contributed by atoms with van der Waals surface area (Å²) >= 11 is 0. The maximum atomic E-state index is 5.14. The summed E-state index contributed by atoms with van der Waals surface area (Å²) in [6, 6.07) is 10.9. The van der Waals surface area contributed by atoms with Crippen LogP contribution in [0.5, 0.6) is 0 Å². The predicted octanol–water partition coefficient (Wildman–Crippen LogP) is 4.65. The Morgan fingerprint density at radius 2 is 1.80 bits per heavy atom. The van der Waals surface area contributed by atoms with E-state index in [0.29, 0.717) is 6.61 Å². The van der Waals surface area contributed by atoms with E-state index in [0.717, 1.165) is 23.3 Å². The van der Waals surface area contributed by atoms with Crippen molar-refractivity contribution in [2.45, 2.75) is 20.8 Å². The summed E-state index contributed by atoms with van der Waals surface area (Å²) in [4.78, 5) is 0. The number of benzene rings is 2. The van der Waals surface area contributed by atoms with Crippen LogP contribution < -0.4 is 5.32 Å². The summed E-state index contributed by atoms with van der Waals surface area (Å²) < 4.78 is 7.05. The summed E-state index contributed by atoms with van der Waals surface area (Å²) in [7, 11) is 3.69. The number of nitrogens with zero attached hydrogens (tertiary/aromatic N) is 2. The minimum Gasteiger partial charge on any atom is -0.383 e. The third kappa shape index (κ3) is 3.65. The summed E-state index contributed by atoms with van der Waals surface area (Å²) in [6.07, 6.45) is 0. The molecule has 0 aliphatic heterocycles. The zero-order chi connectivity index (χ0) is 17.3. The Bertz CT molecular complexity index is 863. The van der Waals surface area contributed by atoms with E-state index >= 15 is 0 Å². The molecule has 5 heteroatoms. The van der Waals surface area contributed by atoms with Gasteiger partial charge in [-0.15, -0.1) is 12.4 Å². The van der Waals surface area contributed by atoms with Gasteiger partial charge in [0.2, 0.25) is 0 Å². The van der Waals surface area contributed by atoms with E-state index < -0.39 is 0 Å². The molecule has 0 aliphatic rings. The van der Waals surface area contributed by atoms with Crippen molar-refractivity contribution in [2.75, 3.05) is 25.6 Å². The van der Waals surface area contributed by atoms with Crippen molar-refractivity contribution < 1.29 is 4.74 Å². The third-order valence-corrected chi connectivity index (χ3v) is 4.41. The molecule has 0 saturated heterocycles. The van der Waals surface area contributed by atoms with E-state index in [4.69, 9.17) is 9.84 Å². The molecule has 0 amide bonds. The zero-order valence-corrected chi connectivity index (χ0v) is 16.3. The molecule has 2 aromatic carbocycles. The number of rotatable bonds is 5. The number of halogens is 1. The molecule has 0 saturated carbocycles. The minimum atomic E-state index is 0. The van der Waals surface area contributed by atoms with Crippen LogP contribution in [0, 0.1) is 20.8 Å². The van der Waals surface area contributed by atoms with Crippen LogP contribution in [0.2, 0.25) is 0 Å². The van der Waals surface area contributed by atoms with Crippen LogP contribution in [-0.4, -0.2) is 30.0 Å². The van der Waals surface area contributed by atoms with Gasteiger partial charge in [0.15, 0.2) is 0 Å². The largest absolute Gasteiger partial charge is 0.383 e. The highest BCUT2D eigenvalue weighted by Crippen LogP contribution is 2.35. The normalized spacial score (nSPS) is 10.8. The van der Waals surface area contributed by atoms with Crippen molar-refractivity contribution in [1.82, 2.24) is 9.78 Å². The van der Waals surface area contributed by atoms with Crippen molar-refractivity contribution in [3.05, 3.63) is 47.0 Å². The first-order chi connectivity index (χ1) is 11.5. The van der Waals surface area contributed by atoms with Gasteiger partial charge in [-0.1, -0.05) is 29.8 Å². The van der Waals surface area contributed by atoms with Crippen molar-refractivity contribution in [2.24, 2.45) is 7.05 Å². The zero-order valence-electron chi connectivity index (χ0n) is 15.5. The first kappa shape index (κ1) is 19.3. The molecule has 3 rings (SSSR count). The Morgan fingerprint density at radius 1 is 1.12 bits per heavy atom. The lowest BCUT2D eigenvalue weighted by Crippen LogP contribution is -2.10. The van der Waals surface area contributed by atoms with E-state index in [1.54, 1.807) is 7.11 Å². The van der Waals surface area contributed by atoms with Crippen molar-refractivity contribution in [3.8, 4) is 11.1 Å². The Hall–Kier alpha value is -2.04. The highest BCUT2D eigenvalue weighted by molar-refractivity contribution is 6.01. The van der Waals surface area contributed by atoms with Crippen molar-refractivity contribution in [1.29, 1.82) is 0 Å². The van der Waals surface area contributed by atoms with Gasteiger partial charge in [-0.2, -0.15) is 5.10 Å². The second-order valence-electron chi connectivity index (χ2n) is 6.37. The smallest absolute Gasteiger partial charge is 0.132 e. The quantitative estimate of drug-likeness (QED) is 0.674. The van der Waals surface area contributed by atoms with Gasteiger partial charge < -0.3 is 10.1 Å². The Labute approximate surface area is 155 Å². The van der Waals surface area contributed by atoms with Crippen LogP contribution >= 0.6 is 12.4 Å². The molecule has 3 aromatic rings. The highest BCUT2D eigenvalue weighted by atomic mass is 35.5. The number of methoxy groups -OCH3 is 1. The van der Waals surface area contributed by atoms with Gasteiger partial charge >= 0.3 is 0 Å². The van der Waals surface area contributed by atoms with Gasteiger partial charge in [0.25, 0.3) is 0 Å². The number of hydrogen-bond acceptors (Lipinski definition) is 3. The molecule has 4 nitrogen and oxygen atoms in total. The lowest BCUT2D eigenvalue weighted by atomic mass is 9.92. The van der Waals surface area contributed by atoms with E-state index in [1.165, 1.54) is 27.8 Å². The lowest BCUT2D eigenvalue weighted by molar-refractivity contribution is 0.210. The number of aryl methyl sites for hydroxylation is 4. The first-order valence-corrected chi connectivity index (χ1v) is 8.29. The topological polar surface area (TPSA) is 39.1 Å². The highest BCUT2D eigenvalue weighted by Gasteiger charge is 2.15. The van der Waals surface area contributed by atoms with Gasteiger partial charge in [-0.25, -0.2) is 0 Å². The molecule has 1 aromatic heterocycles. The van der Waals surface area contributed by atoms with Crippen LogP contribution in [0.15, 0.2) is 30.3 Å². The molecular formula is C20H26ClN3O. The molecular weight excluding hydrogens is 334 g/mol. The summed E-state index contributed by atoms with van der Waals surface area (Å²) in [6.45, 7) is 7.92. The molecule has 134 valence electrons. The molecule has 0 atom stereocenters. The van der Waals surface area contributed by atoms with E-state index in [-0.39, 0.29) is 12.4 Å². The fourth-order valence-electron chi connectivity index (χ4n) is 3.50. The predicted molar refractivity (Wildman–Crippen MR) is 108 cm³/mol. The first-order valence-electron chi connectivity index (χ1n) is 8.29. The minimum absolute atomic E-state index is 0. The average molecular weight is 360 g/mol. The molecule has 0 fully saturated rings. The molecule has 0 aliphatic carbocycles. The third-order valence-electron chi connectivity index (χ3n) is 4.41. The molecule has 0 unspecified atom stereocenters. The van der Waals surface area contributed by atoms with Crippen LogP contribution in [0.4, 0.5) is 5.82 Å². The van der Waals surface area contributed by atoms with Crippen LogP contribution in [-0.2, 0) is 11.8 Å². The maximum Gasteiger partial charge on any atom is 0.132 e. The maximum absolute atomic E-state index is 5.14. The Morgan fingerprint density at radius 3 is 2.44 bits per heavy atom.